The Labute approximate surface area is 134 Å². The first-order chi connectivity index (χ1) is 8.97. The van der Waals surface area contributed by atoms with Crippen molar-refractivity contribution in [3.05, 3.63) is 55.3 Å². The van der Waals surface area contributed by atoms with Crippen LogP contribution in [0.2, 0.25) is 10.0 Å². The third kappa shape index (κ3) is 3.58. The highest BCUT2D eigenvalue weighted by Crippen LogP contribution is 2.25. The number of hydrogen-bond acceptors (Lipinski definition) is 2. The maximum atomic E-state index is 12.1. The summed E-state index contributed by atoms with van der Waals surface area (Å²) in [6.07, 6.45) is 1.45. The summed E-state index contributed by atoms with van der Waals surface area (Å²) in [5.74, 6) is -0.333. The monoisotopic (exact) mass is 406 g/mol. The van der Waals surface area contributed by atoms with Crippen molar-refractivity contribution >= 4 is 57.4 Å². The van der Waals surface area contributed by atoms with Gasteiger partial charge in [0.25, 0.3) is 5.91 Å². The molecule has 1 aromatic carbocycles. The highest BCUT2D eigenvalue weighted by atomic mass is 127. The number of nitrogens with zero attached hydrogens (tertiary/aromatic N) is 1. The number of aromatic nitrogens is 1. The van der Waals surface area contributed by atoms with Crippen LogP contribution in [0, 0.1) is 10.5 Å². The topological polar surface area (TPSA) is 42.0 Å². The Bertz CT molecular complexity index is 647. The molecule has 98 valence electrons. The second-order valence-electron chi connectivity index (χ2n) is 3.88. The summed E-state index contributed by atoms with van der Waals surface area (Å²) in [4.78, 5) is 16.1. The lowest BCUT2D eigenvalue weighted by Gasteiger charge is -2.08. The molecule has 0 fully saturated rings. The third-order valence-electron chi connectivity index (χ3n) is 2.41. The molecule has 0 saturated carbocycles. The molecule has 1 amide bonds. The van der Waals surface area contributed by atoms with Crippen molar-refractivity contribution in [1.82, 2.24) is 4.98 Å². The van der Waals surface area contributed by atoms with Crippen molar-refractivity contribution in [1.29, 1.82) is 0 Å². The second kappa shape index (κ2) is 6.07. The summed E-state index contributed by atoms with van der Waals surface area (Å²) in [5.41, 5.74) is 1.62. The van der Waals surface area contributed by atoms with E-state index in [1.54, 1.807) is 18.2 Å². The van der Waals surface area contributed by atoms with Gasteiger partial charge in [0.05, 0.1) is 21.3 Å². The van der Waals surface area contributed by atoms with E-state index in [0.29, 0.717) is 21.3 Å². The number of anilines is 1. The number of hydrogen-bond donors (Lipinski definition) is 1. The van der Waals surface area contributed by atoms with E-state index in [4.69, 9.17) is 23.2 Å². The average Bonchev–Trinajstić information content (AvgIpc) is 2.32. The lowest BCUT2D eigenvalue weighted by Crippen LogP contribution is -2.13. The molecule has 6 heteroatoms. The van der Waals surface area contributed by atoms with Crippen LogP contribution in [0.5, 0.6) is 0 Å². The van der Waals surface area contributed by atoms with Crippen molar-refractivity contribution < 1.29 is 4.79 Å². The number of carbonyl (C=O) groups excluding carboxylic acids is 1. The van der Waals surface area contributed by atoms with Gasteiger partial charge in [-0.25, -0.2) is 0 Å². The summed E-state index contributed by atoms with van der Waals surface area (Å²) in [6.45, 7) is 1.81. The van der Waals surface area contributed by atoms with Crippen LogP contribution in [-0.4, -0.2) is 10.9 Å². The molecule has 0 aliphatic rings. The standard InChI is InChI=1S/C13H9Cl2IN2O/c1-7-4-10(14)9(6-17-7)13(19)18-12-3-2-8(16)5-11(12)15/h2-6H,1H3,(H,18,19). The summed E-state index contributed by atoms with van der Waals surface area (Å²) in [5, 5.41) is 3.57. The van der Waals surface area contributed by atoms with Crippen LogP contribution in [0.25, 0.3) is 0 Å². The Hall–Kier alpha value is -0.850. The average molecular weight is 407 g/mol. The summed E-state index contributed by atoms with van der Waals surface area (Å²) >= 11 is 14.2. The van der Waals surface area contributed by atoms with Crippen molar-refractivity contribution in [2.45, 2.75) is 6.92 Å². The van der Waals surface area contributed by atoms with Gasteiger partial charge in [-0.05, 0) is 53.8 Å². The molecule has 1 N–H and O–H groups in total. The van der Waals surface area contributed by atoms with Gasteiger partial charge in [-0.1, -0.05) is 23.2 Å². The van der Waals surface area contributed by atoms with Gasteiger partial charge in [0.1, 0.15) is 0 Å². The Balaban J connectivity index is 2.25. The van der Waals surface area contributed by atoms with E-state index in [0.717, 1.165) is 9.26 Å². The van der Waals surface area contributed by atoms with Gasteiger partial charge in [0.2, 0.25) is 0 Å². The SMILES string of the molecule is Cc1cc(Cl)c(C(=O)Nc2ccc(I)cc2Cl)cn1. The maximum absolute atomic E-state index is 12.1. The molecule has 2 aromatic rings. The molecule has 1 aromatic heterocycles. The van der Waals surface area contributed by atoms with Crippen LogP contribution in [0.3, 0.4) is 0 Å². The van der Waals surface area contributed by atoms with Gasteiger partial charge in [0, 0.05) is 15.5 Å². The van der Waals surface area contributed by atoms with Crippen molar-refractivity contribution in [3.8, 4) is 0 Å². The number of amides is 1. The molecule has 19 heavy (non-hydrogen) atoms. The fourth-order valence-corrected chi connectivity index (χ4v) is 2.67. The van der Waals surface area contributed by atoms with E-state index in [1.807, 2.05) is 13.0 Å². The smallest absolute Gasteiger partial charge is 0.258 e. The number of pyridine rings is 1. The first-order valence-corrected chi connectivity index (χ1v) is 7.19. The second-order valence-corrected chi connectivity index (χ2v) is 5.94. The zero-order chi connectivity index (χ0) is 14.0. The first-order valence-electron chi connectivity index (χ1n) is 5.36. The maximum Gasteiger partial charge on any atom is 0.258 e. The molecule has 0 aliphatic carbocycles. The first kappa shape index (κ1) is 14.6. The molecule has 0 spiro atoms. The number of benzene rings is 1. The van der Waals surface area contributed by atoms with Crippen LogP contribution < -0.4 is 5.32 Å². The van der Waals surface area contributed by atoms with E-state index in [9.17, 15) is 4.79 Å². The molecule has 0 saturated heterocycles. The lowest BCUT2D eigenvalue weighted by atomic mass is 10.2. The Morgan fingerprint density at radius 1 is 1.26 bits per heavy atom. The molecule has 2 rings (SSSR count). The Morgan fingerprint density at radius 3 is 2.63 bits per heavy atom. The van der Waals surface area contributed by atoms with E-state index in [-0.39, 0.29) is 5.91 Å². The third-order valence-corrected chi connectivity index (χ3v) is 3.71. The minimum Gasteiger partial charge on any atom is -0.321 e. The predicted molar refractivity (Wildman–Crippen MR) is 86.1 cm³/mol. The minimum atomic E-state index is -0.333. The van der Waals surface area contributed by atoms with Crippen molar-refractivity contribution in [3.63, 3.8) is 0 Å². The van der Waals surface area contributed by atoms with Crippen molar-refractivity contribution in [2.24, 2.45) is 0 Å². The minimum absolute atomic E-state index is 0.321. The molecular formula is C13H9Cl2IN2O. The van der Waals surface area contributed by atoms with Gasteiger partial charge < -0.3 is 5.32 Å². The molecule has 3 nitrogen and oxygen atoms in total. The molecule has 0 atom stereocenters. The number of halogens is 3. The fraction of sp³-hybridized carbons (Fsp3) is 0.0769. The van der Waals surface area contributed by atoms with Gasteiger partial charge in [-0.15, -0.1) is 0 Å². The zero-order valence-electron chi connectivity index (χ0n) is 9.88. The largest absolute Gasteiger partial charge is 0.321 e. The Kier molecular flexibility index (Phi) is 4.65. The predicted octanol–water partition coefficient (Wildman–Crippen LogP) is 4.55. The molecule has 1 heterocycles. The molecule has 0 aliphatic heterocycles. The number of carbonyl (C=O) groups is 1. The summed E-state index contributed by atoms with van der Waals surface area (Å²) in [7, 11) is 0. The van der Waals surface area contributed by atoms with E-state index < -0.39 is 0 Å². The van der Waals surface area contributed by atoms with E-state index in [2.05, 4.69) is 32.9 Å². The van der Waals surface area contributed by atoms with Gasteiger partial charge in [0.15, 0.2) is 0 Å². The van der Waals surface area contributed by atoms with Gasteiger partial charge in [-0.3, -0.25) is 9.78 Å². The summed E-state index contributed by atoms with van der Waals surface area (Å²) in [6, 6.07) is 7.02. The quantitative estimate of drug-likeness (QED) is 0.743. The van der Waals surface area contributed by atoms with Crippen LogP contribution in [0.4, 0.5) is 5.69 Å². The van der Waals surface area contributed by atoms with Crippen LogP contribution in [0.15, 0.2) is 30.5 Å². The fourth-order valence-electron chi connectivity index (χ4n) is 1.47. The van der Waals surface area contributed by atoms with E-state index >= 15 is 0 Å². The zero-order valence-corrected chi connectivity index (χ0v) is 13.5. The number of rotatable bonds is 2. The highest BCUT2D eigenvalue weighted by molar-refractivity contribution is 14.1. The van der Waals surface area contributed by atoms with E-state index in [1.165, 1.54) is 6.20 Å². The number of nitrogens with one attached hydrogen (secondary N) is 1. The highest BCUT2D eigenvalue weighted by Gasteiger charge is 2.13. The lowest BCUT2D eigenvalue weighted by molar-refractivity contribution is 0.102. The molecule has 0 bridgehead atoms. The van der Waals surface area contributed by atoms with Gasteiger partial charge >= 0.3 is 0 Å². The van der Waals surface area contributed by atoms with Crippen LogP contribution in [0.1, 0.15) is 16.1 Å². The van der Waals surface area contributed by atoms with Gasteiger partial charge in [-0.2, -0.15) is 0 Å². The molecule has 0 unspecified atom stereocenters. The van der Waals surface area contributed by atoms with Crippen molar-refractivity contribution in [2.75, 3.05) is 5.32 Å². The normalized spacial score (nSPS) is 10.3. The molecule has 0 radical (unpaired) electrons. The van der Waals surface area contributed by atoms with Crippen LogP contribution >= 0.6 is 45.8 Å². The Morgan fingerprint density at radius 2 is 2.00 bits per heavy atom. The number of aryl methyl sites for hydroxylation is 1. The van der Waals surface area contributed by atoms with Crippen LogP contribution in [-0.2, 0) is 0 Å². The molecular weight excluding hydrogens is 398 g/mol. The summed E-state index contributed by atoms with van der Waals surface area (Å²) < 4.78 is 0.996.